The van der Waals surface area contributed by atoms with Crippen LogP contribution in [0.25, 0.3) is 10.9 Å². The second-order valence-electron chi connectivity index (χ2n) is 7.46. The van der Waals surface area contributed by atoms with Crippen molar-refractivity contribution in [1.82, 2.24) is 15.1 Å². The molecule has 1 aliphatic heterocycles. The monoisotopic (exact) mass is 365 g/mol. The SMILES string of the molecule is COc1ccc2c(CN3CCC([C@@H](O)Cc4ccccc4)CC3)[nH]nc2c1. The van der Waals surface area contributed by atoms with Gasteiger partial charge in [0, 0.05) is 18.0 Å². The van der Waals surface area contributed by atoms with Crippen LogP contribution in [0.2, 0.25) is 0 Å². The fourth-order valence-corrected chi connectivity index (χ4v) is 4.04. The number of nitrogens with zero attached hydrogens (tertiary/aromatic N) is 2. The standard InChI is InChI=1S/C22H27N3O2/c1-27-18-7-8-19-20(14-18)23-24-21(19)15-25-11-9-17(10-12-25)22(26)13-16-5-3-2-4-6-16/h2-8,14,17,22,26H,9-13,15H2,1H3,(H,23,24)/t22-/m0/s1. The van der Waals surface area contributed by atoms with E-state index in [0.29, 0.717) is 5.92 Å². The molecule has 5 heteroatoms. The van der Waals surface area contributed by atoms with Crippen LogP contribution < -0.4 is 4.74 Å². The summed E-state index contributed by atoms with van der Waals surface area (Å²) in [5, 5.41) is 19.4. The van der Waals surface area contributed by atoms with Gasteiger partial charge in [0.1, 0.15) is 5.75 Å². The third-order valence-corrected chi connectivity index (χ3v) is 5.69. The van der Waals surface area contributed by atoms with Gasteiger partial charge in [-0.15, -0.1) is 0 Å². The van der Waals surface area contributed by atoms with E-state index in [2.05, 4.69) is 33.3 Å². The van der Waals surface area contributed by atoms with E-state index in [1.807, 2.05) is 30.3 Å². The van der Waals surface area contributed by atoms with E-state index in [-0.39, 0.29) is 6.10 Å². The van der Waals surface area contributed by atoms with Crippen LogP contribution in [0.3, 0.4) is 0 Å². The van der Waals surface area contributed by atoms with Crippen LogP contribution in [0, 0.1) is 5.92 Å². The number of aromatic nitrogens is 2. The molecule has 1 atom stereocenters. The van der Waals surface area contributed by atoms with Gasteiger partial charge >= 0.3 is 0 Å². The maximum Gasteiger partial charge on any atom is 0.121 e. The molecule has 0 unspecified atom stereocenters. The fourth-order valence-electron chi connectivity index (χ4n) is 4.04. The van der Waals surface area contributed by atoms with Crippen molar-refractivity contribution in [2.45, 2.75) is 31.9 Å². The van der Waals surface area contributed by atoms with E-state index in [9.17, 15) is 5.11 Å². The summed E-state index contributed by atoms with van der Waals surface area (Å²) in [6.45, 7) is 2.88. The number of hydrogen-bond donors (Lipinski definition) is 2. The number of likely N-dealkylation sites (tertiary alicyclic amines) is 1. The number of aliphatic hydroxyl groups excluding tert-OH is 1. The summed E-state index contributed by atoms with van der Waals surface area (Å²) in [4.78, 5) is 2.45. The number of hydrogen-bond acceptors (Lipinski definition) is 4. The van der Waals surface area contributed by atoms with Gasteiger partial charge < -0.3 is 9.84 Å². The van der Waals surface area contributed by atoms with Crippen LogP contribution in [0.4, 0.5) is 0 Å². The van der Waals surface area contributed by atoms with E-state index in [4.69, 9.17) is 4.74 Å². The quantitative estimate of drug-likeness (QED) is 0.703. The van der Waals surface area contributed by atoms with Crippen LogP contribution in [-0.4, -0.2) is 46.5 Å². The number of piperidine rings is 1. The summed E-state index contributed by atoms with van der Waals surface area (Å²) in [5.74, 6) is 1.21. The van der Waals surface area contributed by atoms with Gasteiger partial charge in [-0.05, 0) is 56.0 Å². The number of nitrogens with one attached hydrogen (secondary N) is 1. The Bertz CT molecular complexity index is 870. The lowest BCUT2D eigenvalue weighted by Gasteiger charge is -2.34. The van der Waals surface area contributed by atoms with Crippen molar-refractivity contribution < 1.29 is 9.84 Å². The van der Waals surface area contributed by atoms with Crippen molar-refractivity contribution in [2.75, 3.05) is 20.2 Å². The molecule has 0 bridgehead atoms. The summed E-state index contributed by atoms with van der Waals surface area (Å²) >= 11 is 0. The molecule has 0 saturated carbocycles. The van der Waals surface area contributed by atoms with E-state index >= 15 is 0 Å². The molecule has 27 heavy (non-hydrogen) atoms. The average molecular weight is 365 g/mol. The van der Waals surface area contributed by atoms with Crippen LogP contribution in [0.5, 0.6) is 5.75 Å². The smallest absolute Gasteiger partial charge is 0.121 e. The van der Waals surface area contributed by atoms with Crippen molar-refractivity contribution >= 4 is 10.9 Å². The van der Waals surface area contributed by atoms with Gasteiger partial charge in [-0.25, -0.2) is 0 Å². The first-order chi connectivity index (χ1) is 13.2. The highest BCUT2D eigenvalue weighted by molar-refractivity contribution is 5.82. The minimum atomic E-state index is -0.255. The van der Waals surface area contributed by atoms with Crippen LogP contribution >= 0.6 is 0 Å². The molecule has 1 aliphatic rings. The lowest BCUT2D eigenvalue weighted by atomic mass is 9.88. The lowest BCUT2D eigenvalue weighted by molar-refractivity contribution is 0.0574. The van der Waals surface area contributed by atoms with Gasteiger partial charge in [-0.3, -0.25) is 10.00 Å². The molecular weight excluding hydrogens is 338 g/mol. The Balaban J connectivity index is 1.33. The number of methoxy groups -OCH3 is 1. The molecule has 1 saturated heterocycles. The molecule has 4 rings (SSSR count). The zero-order valence-electron chi connectivity index (χ0n) is 15.8. The molecule has 0 aliphatic carbocycles. The Kier molecular flexibility index (Phi) is 5.41. The predicted molar refractivity (Wildman–Crippen MR) is 107 cm³/mol. The first-order valence-electron chi connectivity index (χ1n) is 9.68. The second-order valence-corrected chi connectivity index (χ2v) is 7.46. The topological polar surface area (TPSA) is 61.4 Å². The van der Waals surface area contributed by atoms with Gasteiger partial charge in [0.05, 0.1) is 24.4 Å². The minimum Gasteiger partial charge on any atom is -0.497 e. The first kappa shape index (κ1) is 18.0. The Labute approximate surface area is 160 Å². The van der Waals surface area contributed by atoms with Gasteiger partial charge in [0.2, 0.25) is 0 Å². The van der Waals surface area contributed by atoms with E-state index in [1.165, 1.54) is 5.56 Å². The van der Waals surface area contributed by atoms with Crippen molar-refractivity contribution in [3.63, 3.8) is 0 Å². The van der Waals surface area contributed by atoms with E-state index in [1.54, 1.807) is 7.11 Å². The highest BCUT2D eigenvalue weighted by Crippen LogP contribution is 2.26. The van der Waals surface area contributed by atoms with Crippen LogP contribution in [0.1, 0.15) is 24.1 Å². The third kappa shape index (κ3) is 4.15. The molecule has 1 fully saturated rings. The molecule has 1 aromatic heterocycles. The summed E-state index contributed by atoms with van der Waals surface area (Å²) < 4.78 is 5.27. The Morgan fingerprint density at radius 3 is 2.70 bits per heavy atom. The molecule has 3 aromatic rings. The third-order valence-electron chi connectivity index (χ3n) is 5.69. The predicted octanol–water partition coefficient (Wildman–Crippen LogP) is 3.39. The molecule has 142 valence electrons. The van der Waals surface area contributed by atoms with Gasteiger partial charge in [0.15, 0.2) is 0 Å². The van der Waals surface area contributed by atoms with Crippen molar-refractivity contribution in [1.29, 1.82) is 0 Å². The minimum absolute atomic E-state index is 0.255. The zero-order chi connectivity index (χ0) is 18.6. The first-order valence-corrected chi connectivity index (χ1v) is 9.68. The number of H-pyrrole nitrogens is 1. The summed E-state index contributed by atoms with van der Waals surface area (Å²) in [7, 11) is 1.67. The molecule has 0 radical (unpaired) electrons. The molecule has 0 amide bonds. The number of fused-ring (bicyclic) bond motifs is 1. The number of aromatic amines is 1. The van der Waals surface area contributed by atoms with Crippen molar-refractivity contribution in [2.24, 2.45) is 5.92 Å². The largest absolute Gasteiger partial charge is 0.497 e. The zero-order valence-corrected chi connectivity index (χ0v) is 15.8. The second kappa shape index (κ2) is 8.11. The van der Waals surface area contributed by atoms with Crippen LogP contribution in [0.15, 0.2) is 48.5 Å². The molecule has 2 N–H and O–H groups in total. The number of aliphatic hydroxyl groups is 1. The molecule has 2 heterocycles. The van der Waals surface area contributed by atoms with Crippen molar-refractivity contribution in [3.8, 4) is 5.75 Å². The van der Waals surface area contributed by atoms with E-state index < -0.39 is 0 Å². The maximum atomic E-state index is 10.6. The normalized spacial score (nSPS) is 17.3. The molecular formula is C22H27N3O2. The summed E-state index contributed by atoms with van der Waals surface area (Å²) in [6, 6.07) is 16.3. The number of benzene rings is 2. The average Bonchev–Trinajstić information content (AvgIpc) is 3.11. The molecule has 0 spiro atoms. The van der Waals surface area contributed by atoms with Crippen LogP contribution in [-0.2, 0) is 13.0 Å². The van der Waals surface area contributed by atoms with Gasteiger partial charge in [-0.1, -0.05) is 30.3 Å². The van der Waals surface area contributed by atoms with Crippen molar-refractivity contribution in [3.05, 3.63) is 59.8 Å². The maximum absolute atomic E-state index is 10.6. The molecule has 5 nitrogen and oxygen atoms in total. The number of ether oxygens (including phenoxy) is 1. The Hall–Kier alpha value is -2.37. The highest BCUT2D eigenvalue weighted by Gasteiger charge is 2.25. The summed E-state index contributed by atoms with van der Waals surface area (Å²) in [5.41, 5.74) is 3.31. The number of rotatable bonds is 6. The molecule has 2 aromatic carbocycles. The fraction of sp³-hybridized carbons (Fsp3) is 0.409. The van der Waals surface area contributed by atoms with Gasteiger partial charge in [-0.2, -0.15) is 5.10 Å². The Morgan fingerprint density at radius 2 is 1.96 bits per heavy atom. The summed E-state index contributed by atoms with van der Waals surface area (Å²) in [6.07, 6.45) is 2.57. The Morgan fingerprint density at radius 1 is 1.19 bits per heavy atom. The van der Waals surface area contributed by atoms with E-state index in [0.717, 1.165) is 61.2 Å². The lowest BCUT2D eigenvalue weighted by Crippen LogP contribution is -2.38. The highest BCUT2D eigenvalue weighted by atomic mass is 16.5. The van der Waals surface area contributed by atoms with Gasteiger partial charge in [0.25, 0.3) is 0 Å².